The molecule has 18 heavy (non-hydrogen) atoms. The first-order valence-corrected chi connectivity index (χ1v) is 5.38. The lowest BCUT2D eigenvalue weighted by Gasteiger charge is -2.19. The van der Waals surface area contributed by atoms with Crippen molar-refractivity contribution < 1.29 is 27.0 Å². The number of pyridine rings is 1. The summed E-state index contributed by atoms with van der Waals surface area (Å²) in [6.07, 6.45) is 4.86. The molecule has 100 valence electrons. The van der Waals surface area contributed by atoms with Gasteiger partial charge in [0, 0.05) is 23.2 Å². The van der Waals surface area contributed by atoms with Gasteiger partial charge in [-0.25, -0.2) is 0 Å². The van der Waals surface area contributed by atoms with Crippen molar-refractivity contribution in [3.63, 3.8) is 0 Å². The van der Waals surface area contributed by atoms with Crippen LogP contribution in [-0.2, 0) is 11.3 Å². The van der Waals surface area contributed by atoms with Crippen molar-refractivity contribution in [3.8, 4) is 0 Å². The average Bonchev–Trinajstić information content (AvgIpc) is 2.18. The van der Waals surface area contributed by atoms with Gasteiger partial charge in [-0.3, -0.25) is 4.79 Å². The first-order valence-electron chi connectivity index (χ1n) is 5.38. The molecule has 0 unspecified atom stereocenters. The number of aromatic nitrogens is 1. The highest BCUT2D eigenvalue weighted by atomic mass is 35.5. The summed E-state index contributed by atoms with van der Waals surface area (Å²) in [5, 5.41) is 14.2. The molecule has 0 fully saturated rings. The molecule has 0 saturated heterocycles. The van der Waals surface area contributed by atoms with E-state index >= 15 is 0 Å². The van der Waals surface area contributed by atoms with Gasteiger partial charge in [0.15, 0.2) is 12.4 Å². The highest BCUT2D eigenvalue weighted by molar-refractivity contribution is 5.78. The third kappa shape index (κ3) is 6.20. The van der Waals surface area contributed by atoms with E-state index in [9.17, 15) is 4.79 Å². The molecule has 1 aromatic heterocycles. The molecule has 0 aromatic carbocycles. The molecule has 0 atom stereocenters. The minimum atomic E-state index is -0.221. The minimum Gasteiger partial charge on any atom is -1.00 e. The molecule has 1 rings (SSSR count). The molecule has 0 aliphatic carbocycles. The van der Waals surface area contributed by atoms with E-state index in [2.05, 4.69) is 10.5 Å². The zero-order valence-corrected chi connectivity index (χ0v) is 11.5. The van der Waals surface area contributed by atoms with Crippen molar-refractivity contribution in [1.82, 2.24) is 5.32 Å². The molecule has 1 aromatic rings. The summed E-state index contributed by atoms with van der Waals surface area (Å²) in [6, 6.07) is 3.54. The number of rotatable bonds is 3. The summed E-state index contributed by atoms with van der Waals surface area (Å²) in [4.78, 5) is 11.6. The lowest BCUT2D eigenvalue weighted by molar-refractivity contribution is -0.684. The van der Waals surface area contributed by atoms with Gasteiger partial charge in [-0.1, -0.05) is 5.16 Å². The summed E-state index contributed by atoms with van der Waals surface area (Å²) in [6.45, 7) is 6.09. The van der Waals surface area contributed by atoms with Gasteiger partial charge in [-0.05, 0) is 20.8 Å². The summed E-state index contributed by atoms with van der Waals surface area (Å²) >= 11 is 0. The molecule has 0 spiro atoms. The van der Waals surface area contributed by atoms with Crippen molar-refractivity contribution in [3.05, 3.63) is 30.1 Å². The first kappa shape index (κ1) is 16.4. The standard InChI is InChI=1S/C12H17N3O2.ClH/c1-12(2,3)14-11(16)9-15-6-4-10(5-7-15)8-13-17;/h4-8H,9H2,1-3H3,(H,14,16);1H. The third-order valence-electron chi connectivity index (χ3n) is 1.96. The van der Waals surface area contributed by atoms with E-state index in [-0.39, 0.29) is 30.4 Å². The fourth-order valence-electron chi connectivity index (χ4n) is 1.35. The predicted octanol–water partition coefficient (Wildman–Crippen LogP) is -2.30. The van der Waals surface area contributed by atoms with E-state index in [4.69, 9.17) is 5.21 Å². The Morgan fingerprint density at radius 1 is 1.44 bits per heavy atom. The molecule has 1 amide bonds. The van der Waals surface area contributed by atoms with Crippen LogP contribution >= 0.6 is 0 Å². The summed E-state index contributed by atoms with van der Waals surface area (Å²) in [7, 11) is 0. The molecule has 6 heteroatoms. The van der Waals surface area contributed by atoms with E-state index in [1.807, 2.05) is 20.8 Å². The normalized spacial score (nSPS) is 11.1. The molecular weight excluding hydrogens is 254 g/mol. The topological polar surface area (TPSA) is 65.6 Å². The van der Waals surface area contributed by atoms with Crippen LogP contribution in [0, 0.1) is 0 Å². The Hall–Kier alpha value is -1.62. The maximum absolute atomic E-state index is 11.6. The molecule has 0 saturated carbocycles. The SMILES string of the molecule is CC(C)(C)NC(=O)C[n+]1ccc(/C=N/O)cc1.[Cl-]. The van der Waals surface area contributed by atoms with E-state index in [0.717, 1.165) is 5.56 Å². The lowest BCUT2D eigenvalue weighted by atomic mass is 10.1. The van der Waals surface area contributed by atoms with Gasteiger partial charge in [0.1, 0.15) is 0 Å². The van der Waals surface area contributed by atoms with Crippen LogP contribution in [-0.4, -0.2) is 22.9 Å². The largest absolute Gasteiger partial charge is 1.00 e. The fraction of sp³-hybridized carbons (Fsp3) is 0.417. The zero-order valence-electron chi connectivity index (χ0n) is 10.7. The molecule has 0 radical (unpaired) electrons. The summed E-state index contributed by atoms with van der Waals surface area (Å²) < 4.78 is 1.76. The number of carbonyl (C=O) groups is 1. The van der Waals surface area contributed by atoms with Crippen LogP contribution in [0.3, 0.4) is 0 Å². The van der Waals surface area contributed by atoms with Gasteiger partial charge in [-0.2, -0.15) is 4.57 Å². The summed E-state index contributed by atoms with van der Waals surface area (Å²) in [5.41, 5.74) is 0.557. The molecule has 2 N–H and O–H groups in total. The maximum atomic E-state index is 11.6. The summed E-state index contributed by atoms with van der Waals surface area (Å²) in [5.74, 6) is -0.0360. The highest BCUT2D eigenvalue weighted by Crippen LogP contribution is 1.97. The Labute approximate surface area is 113 Å². The Morgan fingerprint density at radius 3 is 2.44 bits per heavy atom. The Morgan fingerprint density at radius 2 is 2.00 bits per heavy atom. The van der Waals surface area contributed by atoms with Crippen LogP contribution in [0.4, 0.5) is 0 Å². The average molecular weight is 272 g/mol. The fourth-order valence-corrected chi connectivity index (χ4v) is 1.35. The van der Waals surface area contributed by atoms with Crippen molar-refractivity contribution in [2.75, 3.05) is 0 Å². The number of halogens is 1. The number of hydrogen-bond acceptors (Lipinski definition) is 3. The molecule has 0 bridgehead atoms. The van der Waals surface area contributed by atoms with Crippen LogP contribution < -0.4 is 22.3 Å². The van der Waals surface area contributed by atoms with Gasteiger partial charge in [0.25, 0.3) is 5.91 Å². The maximum Gasteiger partial charge on any atom is 0.286 e. The second-order valence-corrected chi connectivity index (χ2v) is 4.85. The first-order chi connectivity index (χ1) is 7.90. The van der Waals surface area contributed by atoms with E-state index in [1.165, 1.54) is 6.21 Å². The second-order valence-electron chi connectivity index (χ2n) is 4.85. The van der Waals surface area contributed by atoms with Crippen LogP contribution in [0.5, 0.6) is 0 Å². The van der Waals surface area contributed by atoms with Gasteiger partial charge >= 0.3 is 0 Å². The lowest BCUT2D eigenvalue weighted by Crippen LogP contribution is -3.00. The molecule has 0 aliphatic rings. The van der Waals surface area contributed by atoms with Crippen LogP contribution in [0.25, 0.3) is 0 Å². The number of nitrogens with zero attached hydrogens (tertiary/aromatic N) is 2. The number of hydrogen-bond donors (Lipinski definition) is 2. The van der Waals surface area contributed by atoms with Gasteiger partial charge in [-0.15, -0.1) is 0 Å². The van der Waals surface area contributed by atoms with Gasteiger partial charge in [0.2, 0.25) is 6.54 Å². The van der Waals surface area contributed by atoms with Gasteiger partial charge < -0.3 is 22.9 Å². The number of amides is 1. The molecule has 0 aliphatic heterocycles. The zero-order chi connectivity index (χ0) is 12.9. The van der Waals surface area contributed by atoms with Crippen molar-refractivity contribution in [2.45, 2.75) is 32.9 Å². The van der Waals surface area contributed by atoms with E-state index in [1.54, 1.807) is 29.1 Å². The van der Waals surface area contributed by atoms with Gasteiger partial charge in [0.05, 0.1) is 6.21 Å². The van der Waals surface area contributed by atoms with E-state index < -0.39 is 0 Å². The molecule has 1 heterocycles. The smallest absolute Gasteiger partial charge is 0.286 e. The van der Waals surface area contributed by atoms with Crippen molar-refractivity contribution in [2.24, 2.45) is 5.16 Å². The number of nitrogens with one attached hydrogen (secondary N) is 1. The highest BCUT2D eigenvalue weighted by Gasteiger charge is 2.16. The van der Waals surface area contributed by atoms with Crippen molar-refractivity contribution >= 4 is 12.1 Å². The second kappa shape index (κ2) is 6.96. The van der Waals surface area contributed by atoms with Crippen molar-refractivity contribution in [1.29, 1.82) is 0 Å². The Bertz CT molecular complexity index is 410. The third-order valence-corrected chi connectivity index (χ3v) is 1.96. The monoisotopic (exact) mass is 271 g/mol. The van der Waals surface area contributed by atoms with E-state index in [0.29, 0.717) is 0 Å². The Balaban J connectivity index is 0.00000289. The molecule has 5 nitrogen and oxygen atoms in total. The number of oxime groups is 1. The van der Waals surface area contributed by atoms with Crippen LogP contribution in [0.15, 0.2) is 29.7 Å². The minimum absolute atomic E-state index is 0. The number of carbonyl (C=O) groups excluding carboxylic acids is 1. The predicted molar refractivity (Wildman–Crippen MR) is 63.9 cm³/mol. The van der Waals surface area contributed by atoms with Crippen LogP contribution in [0.2, 0.25) is 0 Å². The Kier molecular flexibility index (Phi) is 6.33. The van der Waals surface area contributed by atoms with Crippen LogP contribution in [0.1, 0.15) is 26.3 Å². The quantitative estimate of drug-likeness (QED) is 0.281. The molecular formula is C12H18ClN3O2.